The lowest BCUT2D eigenvalue weighted by Crippen LogP contribution is -2.00. The molecule has 0 aliphatic carbocycles. The first kappa shape index (κ1) is 9.60. The molecule has 0 radical (unpaired) electrons. The number of rotatable bonds is 2. The van der Waals surface area contributed by atoms with Crippen LogP contribution < -0.4 is 0 Å². The number of aromatic nitrogens is 3. The molecule has 0 saturated heterocycles. The van der Waals surface area contributed by atoms with Crippen molar-refractivity contribution < 1.29 is 4.92 Å². The number of hydrogen-bond donors (Lipinski definition) is 0. The molecule has 0 saturated carbocycles. The molecule has 0 unspecified atom stereocenters. The predicted octanol–water partition coefficient (Wildman–Crippen LogP) is 1.83. The second kappa shape index (κ2) is 3.66. The minimum atomic E-state index is -0.493. The number of halogens is 1. The Kier molecular flexibility index (Phi) is 2.34. The lowest BCUT2D eigenvalue weighted by Gasteiger charge is -2.01. The van der Waals surface area contributed by atoms with E-state index in [-0.39, 0.29) is 5.69 Å². The Morgan fingerprint density at radius 1 is 1.47 bits per heavy atom. The zero-order chi connectivity index (χ0) is 10.8. The minimum Gasteiger partial charge on any atom is -0.258 e. The van der Waals surface area contributed by atoms with Crippen molar-refractivity contribution in [3.05, 3.63) is 45.7 Å². The van der Waals surface area contributed by atoms with Crippen molar-refractivity contribution in [3.63, 3.8) is 0 Å². The molecule has 0 atom stereocenters. The third-order valence-electron chi connectivity index (χ3n) is 1.80. The molecule has 0 fully saturated rings. The molecule has 0 spiro atoms. The fourth-order valence-electron chi connectivity index (χ4n) is 1.17. The molecule has 15 heavy (non-hydrogen) atoms. The molecule has 2 rings (SSSR count). The third kappa shape index (κ3) is 1.79. The summed E-state index contributed by atoms with van der Waals surface area (Å²) in [5.74, 6) is 0. The van der Waals surface area contributed by atoms with Crippen molar-refractivity contribution >= 4 is 17.3 Å². The highest BCUT2D eigenvalue weighted by molar-refractivity contribution is 6.30. The summed E-state index contributed by atoms with van der Waals surface area (Å²) in [6.07, 6.45) is 2.95. The molecular formula is C8H5ClN4O2. The van der Waals surface area contributed by atoms with E-state index in [4.69, 9.17) is 11.6 Å². The third-order valence-corrected chi connectivity index (χ3v) is 2.04. The van der Waals surface area contributed by atoms with Crippen LogP contribution in [0.5, 0.6) is 0 Å². The Labute approximate surface area is 89.2 Å². The Bertz CT molecular complexity index is 497. The molecular weight excluding hydrogens is 220 g/mol. The van der Waals surface area contributed by atoms with Gasteiger partial charge in [-0.05, 0) is 12.1 Å². The number of nitrogens with zero attached hydrogens (tertiary/aromatic N) is 4. The standard InChI is InChI=1S/C8H5ClN4O2/c9-6-1-2-7(13(14)15)8(5-6)12-4-3-10-11-12/h1-5H. The quantitative estimate of drug-likeness (QED) is 0.576. The van der Waals surface area contributed by atoms with Gasteiger partial charge in [-0.15, -0.1) is 5.10 Å². The van der Waals surface area contributed by atoms with Crippen molar-refractivity contribution in [2.24, 2.45) is 0 Å². The van der Waals surface area contributed by atoms with Gasteiger partial charge >= 0.3 is 0 Å². The fourth-order valence-corrected chi connectivity index (χ4v) is 1.34. The summed E-state index contributed by atoms with van der Waals surface area (Å²) in [5, 5.41) is 18.4. The van der Waals surface area contributed by atoms with Crippen LogP contribution in [0.2, 0.25) is 5.02 Å². The van der Waals surface area contributed by atoms with Crippen LogP contribution in [0.15, 0.2) is 30.6 Å². The van der Waals surface area contributed by atoms with Crippen LogP contribution in [0, 0.1) is 10.1 Å². The van der Waals surface area contributed by atoms with E-state index in [9.17, 15) is 10.1 Å². The van der Waals surface area contributed by atoms with E-state index in [2.05, 4.69) is 10.3 Å². The molecule has 0 N–H and O–H groups in total. The topological polar surface area (TPSA) is 73.8 Å². The first-order chi connectivity index (χ1) is 7.18. The molecule has 1 heterocycles. The van der Waals surface area contributed by atoms with Crippen molar-refractivity contribution in [1.82, 2.24) is 15.0 Å². The number of hydrogen-bond acceptors (Lipinski definition) is 4. The van der Waals surface area contributed by atoms with Crippen LogP contribution in [-0.4, -0.2) is 19.9 Å². The van der Waals surface area contributed by atoms with E-state index in [0.29, 0.717) is 10.7 Å². The van der Waals surface area contributed by atoms with Gasteiger partial charge in [0.2, 0.25) is 0 Å². The van der Waals surface area contributed by atoms with Crippen molar-refractivity contribution in [3.8, 4) is 5.69 Å². The largest absolute Gasteiger partial charge is 0.295 e. The van der Waals surface area contributed by atoms with Gasteiger partial charge in [0.05, 0.1) is 17.3 Å². The Hall–Kier alpha value is -1.95. The molecule has 6 nitrogen and oxygen atoms in total. The van der Waals surface area contributed by atoms with Crippen LogP contribution in [0.25, 0.3) is 5.69 Å². The Morgan fingerprint density at radius 2 is 2.27 bits per heavy atom. The smallest absolute Gasteiger partial charge is 0.258 e. The molecule has 2 aromatic rings. The number of nitro benzene ring substituents is 1. The van der Waals surface area contributed by atoms with E-state index >= 15 is 0 Å². The van der Waals surface area contributed by atoms with Gasteiger partial charge < -0.3 is 0 Å². The van der Waals surface area contributed by atoms with Crippen LogP contribution in [0.3, 0.4) is 0 Å². The zero-order valence-corrected chi connectivity index (χ0v) is 8.13. The van der Waals surface area contributed by atoms with E-state index in [1.165, 1.54) is 35.3 Å². The molecule has 0 amide bonds. The summed E-state index contributed by atoms with van der Waals surface area (Å²) in [5.41, 5.74) is 0.231. The number of nitro groups is 1. The van der Waals surface area contributed by atoms with Gasteiger partial charge in [0.15, 0.2) is 0 Å². The van der Waals surface area contributed by atoms with Crippen LogP contribution in [0.4, 0.5) is 5.69 Å². The Balaban J connectivity index is 2.63. The molecule has 1 aromatic heterocycles. The van der Waals surface area contributed by atoms with Gasteiger partial charge in [-0.3, -0.25) is 10.1 Å². The summed E-state index contributed by atoms with van der Waals surface area (Å²) in [7, 11) is 0. The van der Waals surface area contributed by atoms with Crippen molar-refractivity contribution in [2.45, 2.75) is 0 Å². The summed E-state index contributed by atoms with van der Waals surface area (Å²) < 4.78 is 1.30. The van der Waals surface area contributed by atoms with Gasteiger partial charge in [-0.1, -0.05) is 16.8 Å². The lowest BCUT2D eigenvalue weighted by molar-refractivity contribution is -0.384. The molecule has 7 heteroatoms. The van der Waals surface area contributed by atoms with E-state index < -0.39 is 4.92 Å². The summed E-state index contributed by atoms with van der Waals surface area (Å²) in [4.78, 5) is 10.2. The predicted molar refractivity (Wildman–Crippen MR) is 53.0 cm³/mol. The van der Waals surface area contributed by atoms with Gasteiger partial charge in [0, 0.05) is 11.1 Å². The van der Waals surface area contributed by atoms with Crippen LogP contribution in [0.1, 0.15) is 0 Å². The average molecular weight is 225 g/mol. The van der Waals surface area contributed by atoms with Gasteiger partial charge in [-0.2, -0.15) is 0 Å². The first-order valence-corrected chi connectivity index (χ1v) is 4.37. The van der Waals surface area contributed by atoms with Crippen LogP contribution >= 0.6 is 11.6 Å². The van der Waals surface area contributed by atoms with Gasteiger partial charge in [0.25, 0.3) is 5.69 Å². The average Bonchev–Trinajstić information content (AvgIpc) is 2.69. The van der Waals surface area contributed by atoms with Crippen molar-refractivity contribution in [2.75, 3.05) is 0 Å². The van der Waals surface area contributed by atoms with Gasteiger partial charge in [-0.25, -0.2) is 4.68 Å². The van der Waals surface area contributed by atoms with Crippen molar-refractivity contribution in [1.29, 1.82) is 0 Å². The van der Waals surface area contributed by atoms with E-state index in [1.807, 2.05) is 0 Å². The molecule has 0 aliphatic heterocycles. The van der Waals surface area contributed by atoms with Gasteiger partial charge in [0.1, 0.15) is 5.69 Å². The maximum Gasteiger partial charge on any atom is 0.295 e. The lowest BCUT2D eigenvalue weighted by atomic mass is 10.3. The zero-order valence-electron chi connectivity index (χ0n) is 7.37. The van der Waals surface area contributed by atoms with E-state index in [0.717, 1.165) is 0 Å². The summed E-state index contributed by atoms with van der Waals surface area (Å²) in [6, 6.07) is 4.26. The monoisotopic (exact) mass is 224 g/mol. The minimum absolute atomic E-state index is 0.0649. The molecule has 0 aliphatic rings. The highest BCUT2D eigenvalue weighted by atomic mass is 35.5. The summed E-state index contributed by atoms with van der Waals surface area (Å²) in [6.45, 7) is 0. The highest BCUT2D eigenvalue weighted by Crippen LogP contribution is 2.25. The first-order valence-electron chi connectivity index (χ1n) is 3.99. The normalized spacial score (nSPS) is 10.2. The number of benzene rings is 1. The molecule has 1 aromatic carbocycles. The highest BCUT2D eigenvalue weighted by Gasteiger charge is 2.15. The maximum absolute atomic E-state index is 10.7. The SMILES string of the molecule is O=[N+]([O-])c1ccc(Cl)cc1-n1ccnn1. The van der Waals surface area contributed by atoms with Crippen LogP contribution in [-0.2, 0) is 0 Å². The summed E-state index contributed by atoms with van der Waals surface area (Å²) >= 11 is 5.75. The Morgan fingerprint density at radius 3 is 2.87 bits per heavy atom. The second-order valence-corrected chi connectivity index (χ2v) is 3.17. The van der Waals surface area contributed by atoms with E-state index in [1.54, 1.807) is 0 Å². The molecule has 0 bridgehead atoms. The second-order valence-electron chi connectivity index (χ2n) is 2.74. The fraction of sp³-hybridized carbons (Fsp3) is 0. The molecule has 76 valence electrons. The maximum atomic E-state index is 10.7.